The second-order valence-corrected chi connectivity index (χ2v) is 6.11. The van der Waals surface area contributed by atoms with Crippen LogP contribution in [0.15, 0.2) is 30.3 Å². The molecule has 0 spiro atoms. The van der Waals surface area contributed by atoms with E-state index in [1.807, 2.05) is 13.0 Å². The van der Waals surface area contributed by atoms with E-state index >= 15 is 0 Å². The molecule has 1 aromatic carbocycles. The number of nitrogens with zero attached hydrogens (tertiary/aromatic N) is 1. The van der Waals surface area contributed by atoms with Gasteiger partial charge in [-0.15, -0.1) is 0 Å². The first kappa shape index (κ1) is 18.8. The highest BCUT2D eigenvalue weighted by atomic mass is 16.2. The minimum absolute atomic E-state index is 0.0383. The molecule has 25 heavy (non-hydrogen) atoms. The average molecular weight is 346 g/mol. The Morgan fingerprint density at radius 2 is 1.76 bits per heavy atom. The molecule has 1 fully saturated rings. The van der Waals surface area contributed by atoms with Crippen LogP contribution >= 0.6 is 0 Å². The molecule has 1 aliphatic heterocycles. The van der Waals surface area contributed by atoms with E-state index in [-0.39, 0.29) is 30.4 Å². The van der Waals surface area contributed by atoms with E-state index in [2.05, 4.69) is 16.0 Å². The molecule has 7 nitrogen and oxygen atoms in total. The van der Waals surface area contributed by atoms with Gasteiger partial charge in [-0.1, -0.05) is 25.1 Å². The standard InChI is InChI=1S/C18H26N4O3/c1-2-10-19-18(25)22-11-8-15(9-12-22)21-16(23)13-20-17(24)14-6-4-3-5-7-14/h3-7,15H,2,8-13H2,1H3,(H,19,25)(H,20,24)(H,21,23). The summed E-state index contributed by atoms with van der Waals surface area (Å²) in [5.74, 6) is -0.476. The molecule has 3 N–H and O–H groups in total. The molecule has 0 unspecified atom stereocenters. The summed E-state index contributed by atoms with van der Waals surface area (Å²) in [6.07, 6.45) is 2.35. The van der Waals surface area contributed by atoms with Crippen LogP contribution in [0.4, 0.5) is 4.79 Å². The summed E-state index contributed by atoms with van der Waals surface area (Å²) in [6.45, 7) is 3.88. The van der Waals surface area contributed by atoms with Crippen LogP contribution in [0.2, 0.25) is 0 Å². The monoisotopic (exact) mass is 346 g/mol. The molecule has 7 heteroatoms. The van der Waals surface area contributed by atoms with Crippen LogP contribution in [-0.4, -0.2) is 55.0 Å². The van der Waals surface area contributed by atoms with E-state index in [0.29, 0.717) is 25.2 Å². The second-order valence-electron chi connectivity index (χ2n) is 6.11. The first-order valence-electron chi connectivity index (χ1n) is 8.75. The van der Waals surface area contributed by atoms with Crippen molar-refractivity contribution in [2.75, 3.05) is 26.2 Å². The van der Waals surface area contributed by atoms with Gasteiger partial charge in [0.15, 0.2) is 0 Å². The highest BCUT2D eigenvalue weighted by Crippen LogP contribution is 2.10. The van der Waals surface area contributed by atoms with Crippen molar-refractivity contribution in [3.05, 3.63) is 35.9 Å². The van der Waals surface area contributed by atoms with Crippen LogP contribution in [0.25, 0.3) is 0 Å². The number of rotatable bonds is 6. The molecule has 0 bridgehead atoms. The van der Waals surface area contributed by atoms with Crippen LogP contribution in [0.5, 0.6) is 0 Å². The summed E-state index contributed by atoms with van der Waals surface area (Å²) in [7, 11) is 0. The lowest BCUT2D eigenvalue weighted by molar-refractivity contribution is -0.121. The highest BCUT2D eigenvalue weighted by molar-refractivity contribution is 5.96. The largest absolute Gasteiger partial charge is 0.352 e. The van der Waals surface area contributed by atoms with Crippen LogP contribution in [0.3, 0.4) is 0 Å². The van der Waals surface area contributed by atoms with E-state index < -0.39 is 0 Å². The maximum atomic E-state index is 12.0. The van der Waals surface area contributed by atoms with Gasteiger partial charge in [0.05, 0.1) is 6.54 Å². The van der Waals surface area contributed by atoms with Crippen molar-refractivity contribution < 1.29 is 14.4 Å². The van der Waals surface area contributed by atoms with Gasteiger partial charge in [0.1, 0.15) is 0 Å². The van der Waals surface area contributed by atoms with Crippen molar-refractivity contribution in [3.8, 4) is 0 Å². The number of amides is 4. The van der Waals surface area contributed by atoms with Gasteiger partial charge in [0.2, 0.25) is 5.91 Å². The second kappa shape index (κ2) is 9.66. The van der Waals surface area contributed by atoms with Crippen molar-refractivity contribution >= 4 is 17.8 Å². The van der Waals surface area contributed by atoms with Crippen LogP contribution in [0, 0.1) is 0 Å². The SMILES string of the molecule is CCCNC(=O)N1CCC(NC(=O)CNC(=O)c2ccccc2)CC1. The summed E-state index contributed by atoms with van der Waals surface area (Å²) >= 11 is 0. The fourth-order valence-electron chi connectivity index (χ4n) is 2.70. The zero-order chi connectivity index (χ0) is 18.1. The van der Waals surface area contributed by atoms with E-state index in [4.69, 9.17) is 0 Å². The fourth-order valence-corrected chi connectivity index (χ4v) is 2.70. The normalized spacial score (nSPS) is 14.7. The quantitative estimate of drug-likeness (QED) is 0.721. The number of hydrogen-bond acceptors (Lipinski definition) is 3. The Morgan fingerprint density at radius 1 is 1.08 bits per heavy atom. The predicted molar refractivity (Wildman–Crippen MR) is 95.2 cm³/mol. The summed E-state index contributed by atoms with van der Waals surface area (Å²) in [6, 6.07) is 8.79. The number of urea groups is 1. The van der Waals surface area contributed by atoms with Crippen LogP contribution in [0.1, 0.15) is 36.5 Å². The number of nitrogens with one attached hydrogen (secondary N) is 3. The van der Waals surface area contributed by atoms with Gasteiger partial charge in [0.25, 0.3) is 5.91 Å². The minimum Gasteiger partial charge on any atom is -0.352 e. The van der Waals surface area contributed by atoms with Crippen molar-refractivity contribution in [2.45, 2.75) is 32.2 Å². The average Bonchev–Trinajstić information content (AvgIpc) is 2.65. The maximum absolute atomic E-state index is 12.0. The topological polar surface area (TPSA) is 90.5 Å². The van der Waals surface area contributed by atoms with Crippen molar-refractivity contribution in [3.63, 3.8) is 0 Å². The Kier molecular flexibility index (Phi) is 7.25. The van der Waals surface area contributed by atoms with Crippen molar-refractivity contribution in [2.24, 2.45) is 0 Å². The molecule has 0 aromatic heterocycles. The summed E-state index contributed by atoms with van der Waals surface area (Å²) in [5, 5.41) is 8.39. The molecule has 0 aliphatic carbocycles. The fraction of sp³-hybridized carbons (Fsp3) is 0.500. The number of benzene rings is 1. The third-order valence-electron chi connectivity index (χ3n) is 4.12. The molecule has 1 aromatic rings. The molecular weight excluding hydrogens is 320 g/mol. The first-order valence-corrected chi connectivity index (χ1v) is 8.75. The molecular formula is C18H26N4O3. The Hall–Kier alpha value is -2.57. The number of carbonyl (C=O) groups excluding carboxylic acids is 3. The molecule has 2 rings (SSSR count). The lowest BCUT2D eigenvalue weighted by Gasteiger charge is -2.32. The summed E-state index contributed by atoms with van der Waals surface area (Å²) < 4.78 is 0. The lowest BCUT2D eigenvalue weighted by atomic mass is 10.1. The number of likely N-dealkylation sites (tertiary alicyclic amines) is 1. The van der Waals surface area contributed by atoms with Gasteiger partial charge in [-0.2, -0.15) is 0 Å². The van der Waals surface area contributed by atoms with Gasteiger partial charge >= 0.3 is 6.03 Å². The molecule has 1 saturated heterocycles. The molecule has 0 saturated carbocycles. The Bertz CT molecular complexity index is 583. The maximum Gasteiger partial charge on any atom is 0.317 e. The summed E-state index contributed by atoms with van der Waals surface area (Å²) in [4.78, 5) is 37.5. The zero-order valence-corrected chi connectivity index (χ0v) is 14.6. The van der Waals surface area contributed by atoms with E-state index in [1.165, 1.54) is 0 Å². The van der Waals surface area contributed by atoms with E-state index in [9.17, 15) is 14.4 Å². The molecule has 1 heterocycles. The molecule has 136 valence electrons. The number of piperidine rings is 1. The van der Waals surface area contributed by atoms with Gasteiger partial charge in [-0.3, -0.25) is 9.59 Å². The van der Waals surface area contributed by atoms with Crippen molar-refractivity contribution in [1.82, 2.24) is 20.9 Å². The van der Waals surface area contributed by atoms with Gasteiger partial charge in [-0.25, -0.2) is 4.79 Å². The van der Waals surface area contributed by atoms with Gasteiger partial charge in [-0.05, 0) is 31.4 Å². The molecule has 4 amide bonds. The number of carbonyl (C=O) groups is 3. The first-order chi connectivity index (χ1) is 12.1. The zero-order valence-electron chi connectivity index (χ0n) is 14.6. The van der Waals surface area contributed by atoms with Crippen LogP contribution in [-0.2, 0) is 4.79 Å². The van der Waals surface area contributed by atoms with Crippen molar-refractivity contribution in [1.29, 1.82) is 0 Å². The Labute approximate surface area is 148 Å². The lowest BCUT2D eigenvalue weighted by Crippen LogP contribution is -2.50. The Balaban J connectivity index is 1.67. The third kappa shape index (κ3) is 6.10. The smallest absolute Gasteiger partial charge is 0.317 e. The molecule has 0 atom stereocenters. The number of hydrogen-bond donors (Lipinski definition) is 3. The Morgan fingerprint density at radius 3 is 2.40 bits per heavy atom. The van der Waals surface area contributed by atoms with Crippen LogP contribution < -0.4 is 16.0 Å². The van der Waals surface area contributed by atoms with E-state index in [0.717, 1.165) is 19.3 Å². The molecule has 1 aliphatic rings. The van der Waals surface area contributed by atoms with Gasteiger partial charge < -0.3 is 20.9 Å². The highest BCUT2D eigenvalue weighted by Gasteiger charge is 2.23. The minimum atomic E-state index is -0.266. The predicted octanol–water partition coefficient (Wildman–Crippen LogP) is 1.12. The third-order valence-corrected chi connectivity index (χ3v) is 4.12. The summed E-state index contributed by atoms with van der Waals surface area (Å²) in [5.41, 5.74) is 0.529. The van der Waals surface area contributed by atoms with Gasteiger partial charge in [0, 0.05) is 31.2 Å². The molecule has 0 radical (unpaired) electrons. The van der Waals surface area contributed by atoms with E-state index in [1.54, 1.807) is 29.2 Å².